The molecule has 2 N–H and O–H groups in total. The Morgan fingerprint density at radius 3 is 2.06 bits per heavy atom. The summed E-state index contributed by atoms with van der Waals surface area (Å²) in [6, 6.07) is 0. The molecule has 0 aliphatic heterocycles. The minimum atomic E-state index is -0.347. The van der Waals surface area contributed by atoms with Crippen molar-refractivity contribution in [3.63, 3.8) is 0 Å². The minimum Gasteiger partial charge on any atom is -0.320 e. The number of hydrogen-bond donors (Lipinski definition) is 1. The third-order valence-electron chi connectivity index (χ3n) is 6.81. The minimum absolute atomic E-state index is 0.187. The number of aliphatic imine (C=N–C) groups is 1. The number of rotatable bonds is 8. The second-order valence-corrected chi connectivity index (χ2v) is 9.29. The molecule has 0 spiro atoms. The first-order valence-corrected chi connectivity index (χ1v) is 13.4. The second kappa shape index (κ2) is 17.6. The maximum atomic E-state index is 6.45. The summed E-state index contributed by atoms with van der Waals surface area (Å²) >= 11 is 0. The molecule has 1 aliphatic carbocycles. The molecular formula is C31H53N2P. The van der Waals surface area contributed by atoms with E-state index in [9.17, 15) is 0 Å². The van der Waals surface area contributed by atoms with E-state index >= 15 is 0 Å². The fourth-order valence-corrected chi connectivity index (χ4v) is 3.55. The van der Waals surface area contributed by atoms with Crippen LogP contribution in [0.4, 0.5) is 0 Å². The smallest absolute Gasteiger partial charge is 0.0618 e. The molecule has 1 atom stereocenters. The summed E-state index contributed by atoms with van der Waals surface area (Å²) in [6.07, 6.45) is 19.3. The molecule has 34 heavy (non-hydrogen) atoms. The highest BCUT2D eigenvalue weighted by Gasteiger charge is 2.29. The van der Waals surface area contributed by atoms with Crippen LogP contribution in [0.3, 0.4) is 0 Å². The quantitative estimate of drug-likeness (QED) is 0.208. The van der Waals surface area contributed by atoms with Gasteiger partial charge < -0.3 is 5.73 Å². The Bertz CT molecular complexity index is 827. The summed E-state index contributed by atoms with van der Waals surface area (Å²) in [4.78, 5) is 4.43. The van der Waals surface area contributed by atoms with E-state index in [1.807, 2.05) is 39.7 Å². The molecule has 192 valence electrons. The highest BCUT2D eigenvalue weighted by molar-refractivity contribution is 7.18. The van der Waals surface area contributed by atoms with E-state index in [0.717, 1.165) is 24.1 Å². The number of nitrogens with zero attached hydrogens (tertiary/aromatic N) is 1. The van der Waals surface area contributed by atoms with Crippen LogP contribution in [0, 0.1) is 11.3 Å². The third-order valence-corrected chi connectivity index (χ3v) is 6.97. The zero-order valence-corrected chi connectivity index (χ0v) is 25.2. The van der Waals surface area contributed by atoms with Crippen molar-refractivity contribution in [1.29, 1.82) is 0 Å². The van der Waals surface area contributed by atoms with E-state index in [2.05, 4.69) is 112 Å². The van der Waals surface area contributed by atoms with Crippen molar-refractivity contribution >= 4 is 20.4 Å². The van der Waals surface area contributed by atoms with Crippen molar-refractivity contribution < 1.29 is 0 Å². The normalized spacial score (nSPS) is 19.5. The molecule has 1 unspecified atom stereocenters. The Morgan fingerprint density at radius 1 is 1.12 bits per heavy atom. The Morgan fingerprint density at radius 2 is 1.68 bits per heavy atom. The second-order valence-electron chi connectivity index (χ2n) is 8.96. The highest BCUT2D eigenvalue weighted by Crippen LogP contribution is 2.33. The summed E-state index contributed by atoms with van der Waals surface area (Å²) in [5.74, 6) is 2.47. The zero-order chi connectivity index (χ0) is 26.9. The molecule has 0 heterocycles. The molecule has 0 aromatic carbocycles. The van der Waals surface area contributed by atoms with Gasteiger partial charge >= 0.3 is 0 Å². The average Bonchev–Trinajstić information content (AvgIpc) is 3.07. The van der Waals surface area contributed by atoms with Gasteiger partial charge in [0.1, 0.15) is 0 Å². The van der Waals surface area contributed by atoms with Gasteiger partial charge in [0.25, 0.3) is 0 Å². The molecule has 0 radical (unpaired) electrons. The maximum Gasteiger partial charge on any atom is 0.0618 e. The van der Waals surface area contributed by atoms with E-state index in [1.165, 1.54) is 16.7 Å². The molecule has 3 heteroatoms. The van der Waals surface area contributed by atoms with Gasteiger partial charge in [0, 0.05) is 18.0 Å². The lowest BCUT2D eigenvalue weighted by atomic mass is 9.79. The van der Waals surface area contributed by atoms with E-state index in [0.29, 0.717) is 5.92 Å². The first-order valence-electron chi connectivity index (χ1n) is 12.8. The standard InChI is InChI=1S/C15H22.C14H25N2P.C2H6/c1-6-13(4)14-8-7-10-15(5,11-9-14)12(2)3;1-6-11(4)12(9-10-17)13(16-5)14(15,7-2)8-3;1-2/h6-12H,1-5H3;6,9-10,17H,7-8,15H2,1-5H3;1-2H3/b13-6-;11-6-,12-9+,16-13?;. The monoisotopic (exact) mass is 484 g/mol. The van der Waals surface area contributed by atoms with Crippen LogP contribution in [0.5, 0.6) is 0 Å². The molecule has 0 aromatic heterocycles. The molecule has 0 saturated carbocycles. The Balaban J connectivity index is 0. The molecular weight excluding hydrogens is 431 g/mol. The largest absolute Gasteiger partial charge is 0.320 e. The van der Waals surface area contributed by atoms with Crippen molar-refractivity contribution in [3.8, 4) is 0 Å². The van der Waals surface area contributed by atoms with Crippen LogP contribution in [0.2, 0.25) is 0 Å². The first kappa shape index (κ1) is 34.4. The summed E-state index contributed by atoms with van der Waals surface area (Å²) in [7, 11) is 5.19. The zero-order valence-electron chi connectivity index (χ0n) is 24.2. The molecule has 0 amide bonds. The predicted molar refractivity (Wildman–Crippen MR) is 163 cm³/mol. The van der Waals surface area contributed by atoms with Crippen LogP contribution in [-0.2, 0) is 0 Å². The highest BCUT2D eigenvalue weighted by atomic mass is 31.0. The van der Waals surface area contributed by atoms with Crippen LogP contribution in [-0.4, -0.2) is 24.1 Å². The number of allylic oxidation sites excluding steroid dienone is 11. The van der Waals surface area contributed by atoms with Gasteiger partial charge in [-0.3, -0.25) is 4.99 Å². The number of nitrogens with two attached hydrogens (primary N) is 1. The molecule has 0 fully saturated rings. The topological polar surface area (TPSA) is 38.4 Å². The van der Waals surface area contributed by atoms with Crippen LogP contribution in [0.15, 0.2) is 75.9 Å². The van der Waals surface area contributed by atoms with Gasteiger partial charge in [-0.15, -0.1) is 8.86 Å². The molecule has 0 aromatic rings. The third kappa shape index (κ3) is 10.2. The van der Waals surface area contributed by atoms with Crippen LogP contribution >= 0.6 is 8.86 Å². The van der Waals surface area contributed by atoms with Crippen molar-refractivity contribution in [3.05, 3.63) is 70.9 Å². The van der Waals surface area contributed by atoms with Crippen molar-refractivity contribution in [1.82, 2.24) is 0 Å². The van der Waals surface area contributed by atoms with E-state index in [1.54, 1.807) is 0 Å². The lowest BCUT2D eigenvalue weighted by Gasteiger charge is -2.30. The van der Waals surface area contributed by atoms with E-state index in [-0.39, 0.29) is 11.0 Å². The summed E-state index contributed by atoms with van der Waals surface area (Å²) < 4.78 is 0. The van der Waals surface area contributed by atoms with Gasteiger partial charge in [-0.2, -0.15) is 0 Å². The van der Waals surface area contributed by atoms with Gasteiger partial charge in [-0.05, 0) is 75.0 Å². The van der Waals surface area contributed by atoms with Crippen molar-refractivity contribution in [2.75, 3.05) is 7.05 Å². The van der Waals surface area contributed by atoms with E-state index in [4.69, 9.17) is 5.73 Å². The Hall–Kier alpha value is -1.76. The Labute approximate surface area is 214 Å². The first-order chi connectivity index (χ1) is 16.0. The van der Waals surface area contributed by atoms with Crippen molar-refractivity contribution in [2.24, 2.45) is 22.1 Å². The Kier molecular flexibility index (Phi) is 17.9. The fraction of sp³-hybridized carbons (Fsp3) is 0.548. The van der Waals surface area contributed by atoms with Crippen molar-refractivity contribution in [2.45, 2.75) is 94.5 Å². The lowest BCUT2D eigenvalue weighted by Crippen LogP contribution is -2.47. The molecule has 1 rings (SSSR count). The predicted octanol–water partition coefficient (Wildman–Crippen LogP) is 9.11. The maximum absolute atomic E-state index is 6.45. The molecule has 2 nitrogen and oxygen atoms in total. The lowest BCUT2D eigenvalue weighted by molar-refractivity contribution is 0.383. The van der Waals surface area contributed by atoms with Gasteiger partial charge in [0.05, 0.1) is 11.3 Å². The average molecular weight is 485 g/mol. The summed E-state index contributed by atoms with van der Waals surface area (Å²) in [5, 5.41) is 0. The molecule has 0 bridgehead atoms. The molecule has 0 saturated heterocycles. The van der Waals surface area contributed by atoms with Crippen LogP contribution in [0.1, 0.15) is 89.0 Å². The van der Waals surface area contributed by atoms with E-state index < -0.39 is 0 Å². The SMILES string of the molecule is C/C=C(/C)C1=CC=CC(C)(C(C)C)C=C1.C/C=C(C)\C(=C/C=P)C(=NC)C(N)(CC)CC.CC. The van der Waals surface area contributed by atoms with Gasteiger partial charge in [0.15, 0.2) is 0 Å². The van der Waals surface area contributed by atoms with Gasteiger partial charge in [-0.25, -0.2) is 0 Å². The van der Waals surface area contributed by atoms with Gasteiger partial charge in [0.2, 0.25) is 0 Å². The fourth-order valence-electron chi connectivity index (χ4n) is 3.39. The molecule has 1 aliphatic rings. The van der Waals surface area contributed by atoms with Crippen LogP contribution in [0.25, 0.3) is 0 Å². The number of hydrogen-bond acceptors (Lipinski definition) is 2. The van der Waals surface area contributed by atoms with Crippen LogP contribution < -0.4 is 5.73 Å². The van der Waals surface area contributed by atoms with Gasteiger partial charge in [-0.1, -0.05) is 91.0 Å². The summed E-state index contributed by atoms with van der Waals surface area (Å²) in [5.41, 5.74) is 12.2. The summed E-state index contributed by atoms with van der Waals surface area (Å²) in [6.45, 7) is 23.4.